The Morgan fingerprint density at radius 3 is 2.36 bits per heavy atom. The quantitative estimate of drug-likeness (QED) is 0.768. The number of aromatic nitrogens is 1. The fourth-order valence-corrected chi connectivity index (χ4v) is 3.59. The molecule has 1 amide bonds. The van der Waals surface area contributed by atoms with Gasteiger partial charge in [0.15, 0.2) is 0 Å². The third kappa shape index (κ3) is 6.61. The normalized spacial score (nSPS) is 13.5. The van der Waals surface area contributed by atoms with Crippen molar-refractivity contribution in [1.82, 2.24) is 10.3 Å². The van der Waals surface area contributed by atoms with Crippen LogP contribution in [-0.4, -0.2) is 45.4 Å². The Balaban J connectivity index is 2.03. The maximum absolute atomic E-state index is 12.5. The maximum Gasteiger partial charge on any atom is 0.407 e. The van der Waals surface area contributed by atoms with Gasteiger partial charge in [0, 0.05) is 22.9 Å². The molecule has 7 nitrogen and oxygen atoms in total. The highest BCUT2D eigenvalue weighted by Crippen LogP contribution is 2.21. The summed E-state index contributed by atoms with van der Waals surface area (Å²) in [6.07, 6.45) is 2.80. The number of nitrogens with one attached hydrogen (secondary N) is 1. The number of carbonyl (C=O) groups excluding carboxylic acids is 1. The summed E-state index contributed by atoms with van der Waals surface area (Å²) in [7, 11) is -2.51. The number of carbonyl (C=O) groups is 1. The number of ether oxygens (including phenoxy) is 1. The lowest BCUT2D eigenvalue weighted by atomic mass is 10.1. The van der Waals surface area contributed by atoms with Crippen molar-refractivity contribution in [3.63, 3.8) is 0 Å². The van der Waals surface area contributed by atoms with E-state index in [1.165, 1.54) is 0 Å². The smallest absolute Gasteiger partial charge is 0.407 e. The van der Waals surface area contributed by atoms with Gasteiger partial charge in [0.2, 0.25) is 0 Å². The van der Waals surface area contributed by atoms with Crippen molar-refractivity contribution in [1.29, 1.82) is 0 Å². The predicted molar refractivity (Wildman–Crippen MR) is 109 cm³/mol. The number of rotatable bonds is 6. The van der Waals surface area contributed by atoms with Gasteiger partial charge in [-0.15, -0.1) is 0 Å². The molecular formula is C20H27N3O4S. The second kappa shape index (κ2) is 9.16. The highest BCUT2D eigenvalue weighted by Gasteiger charge is 2.15. The summed E-state index contributed by atoms with van der Waals surface area (Å²) in [6, 6.07) is 11.0. The molecule has 0 aliphatic heterocycles. The number of benzene rings is 1. The number of pyridine rings is 1. The fraction of sp³-hybridized carbons (Fsp3) is 0.400. The molecule has 2 aromatic rings. The van der Waals surface area contributed by atoms with Crippen molar-refractivity contribution in [2.24, 2.45) is 4.36 Å². The van der Waals surface area contributed by atoms with Crippen LogP contribution >= 0.6 is 0 Å². The molecule has 0 radical (unpaired) electrons. The number of alkyl carbamates (subject to hydrolysis) is 1. The van der Waals surface area contributed by atoms with Crippen LogP contribution in [0.5, 0.6) is 0 Å². The molecule has 2 N–H and O–H groups in total. The van der Waals surface area contributed by atoms with E-state index in [1.807, 2.05) is 45.0 Å². The van der Waals surface area contributed by atoms with Gasteiger partial charge in [0.1, 0.15) is 5.60 Å². The Morgan fingerprint density at radius 1 is 1.18 bits per heavy atom. The van der Waals surface area contributed by atoms with Gasteiger partial charge < -0.3 is 15.2 Å². The summed E-state index contributed by atoms with van der Waals surface area (Å²) >= 11 is 0. The molecule has 0 saturated carbocycles. The molecule has 0 aliphatic rings. The van der Waals surface area contributed by atoms with E-state index in [9.17, 15) is 9.00 Å². The second-order valence-corrected chi connectivity index (χ2v) is 9.63. The zero-order valence-corrected chi connectivity index (χ0v) is 17.5. The Morgan fingerprint density at radius 2 is 1.82 bits per heavy atom. The van der Waals surface area contributed by atoms with Crippen LogP contribution in [0.25, 0.3) is 11.1 Å². The molecule has 1 aromatic carbocycles. The molecular weight excluding hydrogens is 378 g/mol. The van der Waals surface area contributed by atoms with Crippen LogP contribution in [0.1, 0.15) is 26.5 Å². The van der Waals surface area contributed by atoms with E-state index in [0.717, 1.165) is 11.1 Å². The third-order valence-electron chi connectivity index (χ3n) is 3.70. The molecule has 2 rings (SSSR count). The van der Waals surface area contributed by atoms with Crippen LogP contribution in [0.15, 0.2) is 51.9 Å². The van der Waals surface area contributed by atoms with Crippen molar-refractivity contribution < 1.29 is 18.8 Å². The van der Waals surface area contributed by atoms with E-state index in [0.29, 0.717) is 10.6 Å². The van der Waals surface area contributed by atoms with Gasteiger partial charge in [-0.2, -0.15) is 0 Å². The SMILES string of the molecule is CC(C)(C)OC(=O)NCc1ccc(-c2ccc(S(C)(=O)=NCCO)cc2)cn1. The average molecular weight is 406 g/mol. The van der Waals surface area contributed by atoms with E-state index in [4.69, 9.17) is 9.84 Å². The van der Waals surface area contributed by atoms with Crippen molar-refractivity contribution in [3.8, 4) is 11.1 Å². The monoisotopic (exact) mass is 405 g/mol. The summed E-state index contributed by atoms with van der Waals surface area (Å²) in [5, 5.41) is 11.5. The van der Waals surface area contributed by atoms with E-state index in [1.54, 1.807) is 24.6 Å². The van der Waals surface area contributed by atoms with Crippen LogP contribution in [0.4, 0.5) is 4.79 Å². The topological polar surface area (TPSA) is 101 Å². The lowest BCUT2D eigenvalue weighted by Gasteiger charge is -2.19. The molecule has 0 fully saturated rings. The van der Waals surface area contributed by atoms with Crippen LogP contribution in [0.3, 0.4) is 0 Å². The zero-order valence-electron chi connectivity index (χ0n) is 16.6. The number of hydrogen-bond acceptors (Lipinski definition) is 6. The largest absolute Gasteiger partial charge is 0.444 e. The molecule has 0 spiro atoms. The first kappa shape index (κ1) is 21.8. The van der Waals surface area contributed by atoms with E-state index >= 15 is 0 Å². The van der Waals surface area contributed by atoms with E-state index in [2.05, 4.69) is 14.7 Å². The maximum atomic E-state index is 12.5. The molecule has 1 unspecified atom stereocenters. The lowest BCUT2D eigenvalue weighted by Crippen LogP contribution is -2.32. The fourth-order valence-electron chi connectivity index (χ4n) is 2.37. The minimum absolute atomic E-state index is 0.121. The molecule has 0 bridgehead atoms. The predicted octanol–water partition coefficient (Wildman–Crippen LogP) is 3.22. The van der Waals surface area contributed by atoms with E-state index in [-0.39, 0.29) is 19.7 Å². The highest BCUT2D eigenvalue weighted by molar-refractivity contribution is 7.93. The number of aliphatic hydroxyl groups is 1. The number of aliphatic hydroxyl groups excluding tert-OH is 1. The first-order valence-electron chi connectivity index (χ1n) is 8.92. The molecule has 1 heterocycles. The van der Waals surface area contributed by atoms with Gasteiger partial charge in [0.25, 0.3) is 0 Å². The summed E-state index contributed by atoms with van der Waals surface area (Å²) in [4.78, 5) is 16.7. The first-order valence-corrected chi connectivity index (χ1v) is 10.8. The van der Waals surface area contributed by atoms with Crippen molar-refractivity contribution in [3.05, 3.63) is 48.3 Å². The Bertz CT molecular complexity index is 910. The van der Waals surface area contributed by atoms with Crippen LogP contribution in [0.2, 0.25) is 0 Å². The average Bonchev–Trinajstić information content (AvgIpc) is 2.64. The standard InChI is InChI=1S/C20H27N3O4S/c1-20(2,3)27-19(25)22-14-17-8-5-16(13-21-17)15-6-9-18(10-7-15)28(4,26)23-11-12-24/h5-10,13,24H,11-12,14H2,1-4H3,(H,22,25). The van der Waals surface area contributed by atoms with Gasteiger partial charge in [0.05, 0.1) is 35.1 Å². The summed E-state index contributed by atoms with van der Waals surface area (Å²) in [5.74, 6) is 0. The van der Waals surface area contributed by atoms with Crippen LogP contribution in [-0.2, 0) is 21.0 Å². The van der Waals surface area contributed by atoms with Crippen LogP contribution in [0, 0.1) is 0 Å². The molecule has 28 heavy (non-hydrogen) atoms. The number of nitrogens with zero attached hydrogens (tertiary/aromatic N) is 2. The molecule has 152 valence electrons. The van der Waals surface area contributed by atoms with Gasteiger partial charge >= 0.3 is 6.09 Å². The van der Waals surface area contributed by atoms with Crippen LogP contribution < -0.4 is 5.32 Å². The lowest BCUT2D eigenvalue weighted by molar-refractivity contribution is 0.0523. The first-order chi connectivity index (χ1) is 13.1. The summed E-state index contributed by atoms with van der Waals surface area (Å²) in [6.45, 7) is 5.73. The number of hydrogen-bond donors (Lipinski definition) is 2. The van der Waals surface area contributed by atoms with Crippen molar-refractivity contribution in [2.75, 3.05) is 19.4 Å². The molecule has 0 aliphatic carbocycles. The second-order valence-electron chi connectivity index (χ2n) is 7.30. The molecule has 0 saturated heterocycles. The molecule has 8 heteroatoms. The molecule has 1 atom stereocenters. The van der Waals surface area contributed by atoms with Gasteiger partial charge in [-0.25, -0.2) is 13.4 Å². The van der Waals surface area contributed by atoms with Gasteiger partial charge in [-0.3, -0.25) is 4.98 Å². The molecule has 1 aromatic heterocycles. The van der Waals surface area contributed by atoms with Gasteiger partial charge in [-0.1, -0.05) is 18.2 Å². The van der Waals surface area contributed by atoms with Gasteiger partial charge in [-0.05, 0) is 44.5 Å². The number of amides is 1. The van der Waals surface area contributed by atoms with Crippen molar-refractivity contribution in [2.45, 2.75) is 37.8 Å². The Kier molecular flexibility index (Phi) is 7.15. The highest BCUT2D eigenvalue weighted by atomic mass is 32.2. The van der Waals surface area contributed by atoms with Crippen molar-refractivity contribution >= 4 is 15.8 Å². The Hall–Kier alpha value is -2.45. The Labute approximate surface area is 166 Å². The minimum atomic E-state index is -2.51. The summed E-state index contributed by atoms with van der Waals surface area (Å²) in [5.41, 5.74) is 2.01. The van der Waals surface area contributed by atoms with E-state index < -0.39 is 21.4 Å². The third-order valence-corrected chi connectivity index (χ3v) is 5.52. The zero-order chi connectivity index (χ0) is 20.8. The summed E-state index contributed by atoms with van der Waals surface area (Å²) < 4.78 is 21.7. The minimum Gasteiger partial charge on any atom is -0.444 e.